The van der Waals surface area contributed by atoms with Gasteiger partial charge in [-0.1, -0.05) is 30.3 Å². The van der Waals surface area contributed by atoms with E-state index in [2.05, 4.69) is 0 Å². The first-order valence-electron chi connectivity index (χ1n) is 5.51. The van der Waals surface area contributed by atoms with E-state index in [0.717, 1.165) is 12.8 Å². The van der Waals surface area contributed by atoms with Gasteiger partial charge in [0.05, 0.1) is 0 Å². The zero-order valence-electron chi connectivity index (χ0n) is 9.41. The van der Waals surface area contributed by atoms with E-state index in [4.69, 9.17) is 5.11 Å². The van der Waals surface area contributed by atoms with Crippen LogP contribution < -0.4 is 0 Å². The maximum absolute atomic E-state index is 10.6. The normalized spacial score (nSPS) is 12.0. The number of aliphatic carboxylic acids is 1. The Labute approximate surface area is 99.2 Å². The summed E-state index contributed by atoms with van der Waals surface area (Å²) < 4.78 is 0. The van der Waals surface area contributed by atoms with Gasteiger partial charge >= 0.3 is 12.0 Å². The molecule has 0 fully saturated rings. The monoisotopic (exact) mass is 237 g/mol. The number of carboxylic acid groups (broad SMARTS) is 1. The molecule has 0 saturated carbocycles. The van der Waals surface area contributed by atoms with Crippen molar-refractivity contribution < 1.29 is 14.8 Å². The number of hydrogen-bond acceptors (Lipinski definition) is 3. The molecule has 1 N–H and O–H groups in total. The van der Waals surface area contributed by atoms with Gasteiger partial charge in [-0.2, -0.15) is 0 Å². The Balaban J connectivity index is 2.28. The van der Waals surface area contributed by atoms with Crippen LogP contribution in [0.3, 0.4) is 0 Å². The second kappa shape index (κ2) is 6.62. The number of benzene rings is 1. The highest BCUT2D eigenvalue weighted by molar-refractivity contribution is 5.71. The van der Waals surface area contributed by atoms with Gasteiger partial charge < -0.3 is 5.11 Å². The average molecular weight is 237 g/mol. The molecule has 5 nitrogen and oxygen atoms in total. The second-order valence-electron chi connectivity index (χ2n) is 3.87. The molecule has 1 atom stereocenters. The first-order valence-corrected chi connectivity index (χ1v) is 5.51. The molecule has 0 aliphatic rings. The molecule has 0 heterocycles. The van der Waals surface area contributed by atoms with Crippen molar-refractivity contribution in [1.29, 1.82) is 0 Å². The predicted molar refractivity (Wildman–Crippen MR) is 62.4 cm³/mol. The minimum atomic E-state index is -1.47. The van der Waals surface area contributed by atoms with Crippen molar-refractivity contribution >= 4 is 5.97 Å². The number of rotatable bonds is 7. The summed E-state index contributed by atoms with van der Waals surface area (Å²) in [5, 5.41) is 19.0. The number of carbonyl (C=O) groups is 1. The molecule has 92 valence electrons. The Morgan fingerprint density at radius 1 is 1.29 bits per heavy atom. The first kappa shape index (κ1) is 13.2. The van der Waals surface area contributed by atoms with E-state index in [0.29, 0.717) is 6.42 Å². The Hall–Kier alpha value is -1.91. The molecule has 5 heteroatoms. The molecule has 1 rings (SSSR count). The topological polar surface area (TPSA) is 80.4 Å². The summed E-state index contributed by atoms with van der Waals surface area (Å²) in [5.74, 6) is -1.35. The van der Waals surface area contributed by atoms with Gasteiger partial charge in [0.25, 0.3) is 0 Å². The Kier molecular flexibility index (Phi) is 5.13. The van der Waals surface area contributed by atoms with E-state index in [1.165, 1.54) is 5.56 Å². The van der Waals surface area contributed by atoms with E-state index < -0.39 is 16.9 Å². The summed E-state index contributed by atoms with van der Waals surface area (Å²) in [5.41, 5.74) is 1.17. The molecular weight excluding hydrogens is 222 g/mol. The molecule has 0 saturated heterocycles. The summed E-state index contributed by atoms with van der Waals surface area (Å²) >= 11 is 0. The molecule has 1 unspecified atom stereocenters. The summed E-state index contributed by atoms with van der Waals surface area (Å²) in [7, 11) is 0. The van der Waals surface area contributed by atoms with E-state index >= 15 is 0 Å². The maximum Gasteiger partial charge on any atom is 0.379 e. The van der Waals surface area contributed by atoms with Crippen LogP contribution in [0.2, 0.25) is 0 Å². The second-order valence-corrected chi connectivity index (χ2v) is 3.87. The standard InChI is InChI=1S/C12H15NO4/c14-12(15)11(13(16)17)9-5-4-8-10-6-2-1-3-7-10/h1-3,6-7,11H,4-5,8-9H2,(H,14,15). The fourth-order valence-electron chi connectivity index (χ4n) is 1.63. The van der Waals surface area contributed by atoms with Crippen LogP contribution in [0.15, 0.2) is 30.3 Å². The summed E-state index contributed by atoms with van der Waals surface area (Å²) in [6.07, 6.45) is 2.23. The molecule has 1 aromatic carbocycles. The smallest absolute Gasteiger partial charge is 0.379 e. The van der Waals surface area contributed by atoms with Crippen molar-refractivity contribution in [3.05, 3.63) is 46.0 Å². The highest BCUT2D eigenvalue weighted by Gasteiger charge is 2.27. The lowest BCUT2D eigenvalue weighted by Crippen LogP contribution is -2.29. The van der Waals surface area contributed by atoms with Gasteiger partial charge in [0.15, 0.2) is 0 Å². The number of unbranched alkanes of at least 4 members (excludes halogenated alkanes) is 1. The SMILES string of the molecule is O=C(O)C(CCCCc1ccccc1)[N+](=O)[O-]. The van der Waals surface area contributed by atoms with Crippen molar-refractivity contribution in [2.24, 2.45) is 0 Å². The molecule has 0 amide bonds. The number of nitrogens with zero attached hydrogens (tertiary/aromatic N) is 1. The predicted octanol–water partition coefficient (Wildman–Crippen LogP) is 2.13. The Morgan fingerprint density at radius 2 is 1.94 bits per heavy atom. The lowest BCUT2D eigenvalue weighted by Gasteiger charge is -2.04. The van der Waals surface area contributed by atoms with Crippen LogP contribution in [0.4, 0.5) is 0 Å². The molecule has 0 aromatic heterocycles. The third-order valence-electron chi connectivity index (χ3n) is 2.58. The van der Waals surface area contributed by atoms with Gasteiger partial charge in [-0.05, 0) is 24.8 Å². The maximum atomic E-state index is 10.6. The number of aryl methyl sites for hydroxylation is 1. The molecule has 0 aliphatic heterocycles. The van der Waals surface area contributed by atoms with Crippen LogP contribution in [-0.2, 0) is 11.2 Å². The molecule has 0 spiro atoms. The highest BCUT2D eigenvalue weighted by Crippen LogP contribution is 2.09. The molecule has 1 aromatic rings. The number of nitro groups is 1. The highest BCUT2D eigenvalue weighted by atomic mass is 16.6. The minimum Gasteiger partial charge on any atom is -0.476 e. The van der Waals surface area contributed by atoms with E-state index in [1.54, 1.807) is 0 Å². The van der Waals surface area contributed by atoms with E-state index in [1.807, 2.05) is 30.3 Å². The van der Waals surface area contributed by atoms with Crippen LogP contribution in [0.25, 0.3) is 0 Å². The van der Waals surface area contributed by atoms with Crippen LogP contribution >= 0.6 is 0 Å². The van der Waals surface area contributed by atoms with E-state index in [9.17, 15) is 14.9 Å². The van der Waals surface area contributed by atoms with Gasteiger partial charge in [-0.15, -0.1) is 0 Å². The van der Waals surface area contributed by atoms with Crippen molar-refractivity contribution in [3.8, 4) is 0 Å². The Bertz CT molecular complexity index is 363. The fraction of sp³-hybridized carbons (Fsp3) is 0.417. The number of hydrogen-bond donors (Lipinski definition) is 1. The first-order chi connectivity index (χ1) is 8.11. The summed E-state index contributed by atoms with van der Waals surface area (Å²) in [4.78, 5) is 20.3. The third kappa shape index (κ3) is 4.63. The quantitative estimate of drug-likeness (QED) is 0.447. The van der Waals surface area contributed by atoms with Gasteiger partial charge in [0.1, 0.15) is 0 Å². The molecule has 0 radical (unpaired) electrons. The molecule has 0 bridgehead atoms. The van der Waals surface area contributed by atoms with E-state index in [-0.39, 0.29) is 6.42 Å². The van der Waals surface area contributed by atoms with Crippen molar-refractivity contribution in [3.63, 3.8) is 0 Å². The fourth-order valence-corrected chi connectivity index (χ4v) is 1.63. The molecule has 17 heavy (non-hydrogen) atoms. The minimum absolute atomic E-state index is 0.0924. The lowest BCUT2D eigenvalue weighted by molar-refractivity contribution is -0.511. The largest absolute Gasteiger partial charge is 0.476 e. The summed E-state index contributed by atoms with van der Waals surface area (Å²) in [6.45, 7) is 0. The van der Waals surface area contributed by atoms with Crippen LogP contribution in [0.1, 0.15) is 24.8 Å². The van der Waals surface area contributed by atoms with Gasteiger partial charge in [-0.3, -0.25) is 10.1 Å². The zero-order chi connectivity index (χ0) is 12.7. The van der Waals surface area contributed by atoms with Crippen molar-refractivity contribution in [2.45, 2.75) is 31.7 Å². The van der Waals surface area contributed by atoms with Crippen molar-refractivity contribution in [1.82, 2.24) is 0 Å². The van der Waals surface area contributed by atoms with Crippen LogP contribution in [-0.4, -0.2) is 22.0 Å². The number of carboxylic acids is 1. The van der Waals surface area contributed by atoms with Gasteiger partial charge in [0, 0.05) is 11.3 Å². The van der Waals surface area contributed by atoms with Crippen molar-refractivity contribution in [2.75, 3.05) is 0 Å². The molecular formula is C12H15NO4. The van der Waals surface area contributed by atoms with Gasteiger partial charge in [-0.25, -0.2) is 4.79 Å². The molecule has 0 aliphatic carbocycles. The van der Waals surface area contributed by atoms with Crippen LogP contribution in [0.5, 0.6) is 0 Å². The third-order valence-corrected chi connectivity index (χ3v) is 2.58. The van der Waals surface area contributed by atoms with Crippen LogP contribution in [0, 0.1) is 10.1 Å². The summed E-state index contributed by atoms with van der Waals surface area (Å²) in [6, 6.07) is 8.31. The Morgan fingerprint density at radius 3 is 2.47 bits per heavy atom. The lowest BCUT2D eigenvalue weighted by atomic mass is 10.0. The average Bonchev–Trinajstić information content (AvgIpc) is 2.29. The zero-order valence-corrected chi connectivity index (χ0v) is 9.41. The van der Waals surface area contributed by atoms with Gasteiger partial charge in [0.2, 0.25) is 0 Å².